The first-order valence-electron chi connectivity index (χ1n) is 9.77. The van der Waals surface area contributed by atoms with Gasteiger partial charge in [0.15, 0.2) is 0 Å². The molecule has 6 nitrogen and oxygen atoms in total. The highest BCUT2D eigenvalue weighted by atomic mass is 32.1. The zero-order valence-electron chi connectivity index (χ0n) is 17.6. The van der Waals surface area contributed by atoms with E-state index in [1.54, 1.807) is 6.21 Å². The Hall–Kier alpha value is -2.54. The van der Waals surface area contributed by atoms with E-state index in [0.717, 1.165) is 47.6 Å². The van der Waals surface area contributed by atoms with E-state index in [4.69, 9.17) is 14.2 Å². The second-order valence-electron chi connectivity index (χ2n) is 6.48. The summed E-state index contributed by atoms with van der Waals surface area (Å²) in [6.07, 6.45) is 8.50. The minimum Gasteiger partial charge on any atom is -0.493 e. The molecule has 2 aromatic rings. The van der Waals surface area contributed by atoms with E-state index in [0.29, 0.717) is 25.0 Å². The van der Waals surface area contributed by atoms with Gasteiger partial charge in [0.1, 0.15) is 25.2 Å². The topological polar surface area (TPSA) is 62.2 Å². The van der Waals surface area contributed by atoms with Crippen molar-refractivity contribution in [1.29, 1.82) is 0 Å². The van der Waals surface area contributed by atoms with Crippen LogP contribution >= 0.6 is 11.3 Å². The number of benzene rings is 1. The average Bonchev–Trinajstić information content (AvgIpc) is 3.15. The summed E-state index contributed by atoms with van der Waals surface area (Å²) in [5.74, 6) is 1.83. The second kappa shape index (κ2) is 12.8. The van der Waals surface area contributed by atoms with E-state index in [2.05, 4.69) is 28.8 Å². The van der Waals surface area contributed by atoms with Crippen molar-refractivity contribution >= 4 is 17.6 Å². The largest absolute Gasteiger partial charge is 0.493 e. The summed E-state index contributed by atoms with van der Waals surface area (Å²) in [6.45, 7) is 8.01. The van der Waals surface area contributed by atoms with Gasteiger partial charge in [0.05, 0.1) is 25.1 Å². The Morgan fingerprint density at radius 3 is 2.45 bits per heavy atom. The summed E-state index contributed by atoms with van der Waals surface area (Å²) < 4.78 is 17.4. The van der Waals surface area contributed by atoms with Gasteiger partial charge in [-0.2, -0.15) is 0 Å². The maximum absolute atomic E-state index is 6.01. The molecular formula is C22H30N2O4S. The van der Waals surface area contributed by atoms with Crippen molar-refractivity contribution in [3.63, 3.8) is 0 Å². The van der Waals surface area contributed by atoms with Crippen molar-refractivity contribution in [2.24, 2.45) is 5.16 Å². The van der Waals surface area contributed by atoms with E-state index in [9.17, 15) is 0 Å². The normalized spacial score (nSPS) is 11.3. The van der Waals surface area contributed by atoms with Crippen LogP contribution < -0.4 is 14.2 Å². The molecule has 0 saturated heterocycles. The van der Waals surface area contributed by atoms with Gasteiger partial charge in [-0.15, -0.1) is 0 Å². The molecule has 2 rings (SSSR count). The van der Waals surface area contributed by atoms with Crippen molar-refractivity contribution in [3.05, 3.63) is 46.5 Å². The van der Waals surface area contributed by atoms with Crippen LogP contribution in [-0.4, -0.2) is 38.1 Å². The monoisotopic (exact) mass is 418 g/mol. The molecule has 0 N–H and O–H groups in total. The number of thiazole rings is 1. The fourth-order valence-corrected chi connectivity index (χ4v) is 3.32. The smallest absolute Gasteiger partial charge is 0.273 e. The van der Waals surface area contributed by atoms with Crippen LogP contribution in [0, 0.1) is 13.8 Å². The predicted octanol–water partition coefficient (Wildman–Crippen LogP) is 5.32. The lowest BCUT2D eigenvalue weighted by atomic mass is 10.1. The van der Waals surface area contributed by atoms with Gasteiger partial charge >= 0.3 is 0 Å². The SMILES string of the molecule is C/C=C/COc1cc(C)c(OCCCCCOc2nc(/C=N/OC)cs2)c(C)c1. The lowest BCUT2D eigenvalue weighted by Crippen LogP contribution is -2.03. The maximum atomic E-state index is 6.01. The number of unbranched alkanes of at least 4 members (excludes halogenated alkanes) is 2. The minimum absolute atomic E-state index is 0.584. The van der Waals surface area contributed by atoms with Crippen LogP contribution in [0.15, 0.2) is 34.8 Å². The van der Waals surface area contributed by atoms with Gasteiger partial charge in [0, 0.05) is 5.38 Å². The molecule has 1 heterocycles. The average molecular weight is 419 g/mol. The maximum Gasteiger partial charge on any atom is 0.273 e. The number of aryl methyl sites for hydroxylation is 2. The molecule has 0 aliphatic heterocycles. The van der Waals surface area contributed by atoms with Crippen LogP contribution in [-0.2, 0) is 4.84 Å². The molecule has 0 unspecified atom stereocenters. The molecule has 0 amide bonds. The van der Waals surface area contributed by atoms with Crippen molar-refractivity contribution in [2.45, 2.75) is 40.0 Å². The summed E-state index contributed by atoms with van der Waals surface area (Å²) >= 11 is 1.46. The summed E-state index contributed by atoms with van der Waals surface area (Å²) in [6, 6.07) is 4.05. The molecule has 0 atom stereocenters. The van der Waals surface area contributed by atoms with Crippen LogP contribution in [0.2, 0.25) is 0 Å². The number of nitrogens with zero attached hydrogens (tertiary/aromatic N) is 2. The highest BCUT2D eigenvalue weighted by Gasteiger charge is 2.07. The Labute approximate surface area is 177 Å². The van der Waals surface area contributed by atoms with Crippen molar-refractivity contribution < 1.29 is 19.0 Å². The third-order valence-electron chi connectivity index (χ3n) is 4.07. The van der Waals surface area contributed by atoms with Gasteiger partial charge in [-0.25, -0.2) is 4.98 Å². The van der Waals surface area contributed by atoms with Crippen LogP contribution in [0.25, 0.3) is 0 Å². The van der Waals surface area contributed by atoms with Gasteiger partial charge in [-0.3, -0.25) is 0 Å². The molecule has 0 radical (unpaired) electrons. The first-order valence-corrected chi connectivity index (χ1v) is 10.6. The molecule has 7 heteroatoms. The molecule has 0 spiro atoms. The number of aromatic nitrogens is 1. The summed E-state index contributed by atoms with van der Waals surface area (Å²) in [4.78, 5) is 8.94. The standard InChI is InChI=1S/C22H30N2O4S/c1-5-6-10-26-20-13-17(2)21(18(3)14-20)27-11-8-7-9-12-28-22-24-19(16-29-22)15-23-25-4/h5-6,13-16H,7-12H2,1-4H3/b6-5+,23-15+. The fraction of sp³-hybridized carbons (Fsp3) is 0.455. The van der Waals surface area contributed by atoms with E-state index >= 15 is 0 Å². The van der Waals surface area contributed by atoms with Gasteiger partial charge in [0.2, 0.25) is 0 Å². The number of hydrogen-bond acceptors (Lipinski definition) is 7. The van der Waals surface area contributed by atoms with Crippen molar-refractivity contribution in [1.82, 2.24) is 4.98 Å². The zero-order chi connectivity index (χ0) is 20.9. The van der Waals surface area contributed by atoms with E-state index < -0.39 is 0 Å². The molecular weight excluding hydrogens is 388 g/mol. The van der Waals surface area contributed by atoms with E-state index in [1.165, 1.54) is 18.4 Å². The Morgan fingerprint density at radius 2 is 1.76 bits per heavy atom. The Balaban J connectivity index is 1.65. The second-order valence-corrected chi connectivity index (χ2v) is 7.30. The molecule has 158 valence electrons. The van der Waals surface area contributed by atoms with Gasteiger partial charge in [-0.1, -0.05) is 28.6 Å². The predicted molar refractivity (Wildman–Crippen MR) is 118 cm³/mol. The Bertz CT molecular complexity index is 779. The molecule has 0 aliphatic carbocycles. The molecule has 0 bridgehead atoms. The molecule has 1 aromatic carbocycles. The number of oxime groups is 1. The fourth-order valence-electron chi connectivity index (χ4n) is 2.68. The van der Waals surface area contributed by atoms with Crippen molar-refractivity contribution in [3.8, 4) is 16.7 Å². The molecule has 0 fully saturated rings. The molecule has 1 aromatic heterocycles. The third-order valence-corrected chi connectivity index (χ3v) is 4.84. The summed E-state index contributed by atoms with van der Waals surface area (Å²) in [5.41, 5.74) is 2.94. The minimum atomic E-state index is 0.584. The van der Waals surface area contributed by atoms with Crippen molar-refractivity contribution in [2.75, 3.05) is 26.9 Å². The Kier molecular flexibility index (Phi) is 10.1. The van der Waals surface area contributed by atoms with Gasteiger partial charge < -0.3 is 19.0 Å². The highest BCUT2D eigenvalue weighted by Crippen LogP contribution is 2.28. The molecule has 0 aliphatic rings. The third kappa shape index (κ3) is 8.15. The summed E-state index contributed by atoms with van der Waals surface area (Å²) in [7, 11) is 1.50. The number of hydrogen-bond donors (Lipinski definition) is 0. The van der Waals surface area contributed by atoms with Crippen LogP contribution in [0.4, 0.5) is 0 Å². The highest BCUT2D eigenvalue weighted by molar-refractivity contribution is 7.11. The molecule has 29 heavy (non-hydrogen) atoms. The number of rotatable bonds is 13. The van der Waals surface area contributed by atoms with Crippen LogP contribution in [0.1, 0.15) is 43.0 Å². The van der Waals surface area contributed by atoms with Crippen LogP contribution in [0.5, 0.6) is 16.7 Å². The van der Waals surface area contributed by atoms with Crippen LogP contribution in [0.3, 0.4) is 0 Å². The lowest BCUT2D eigenvalue weighted by molar-refractivity contribution is 0.215. The zero-order valence-corrected chi connectivity index (χ0v) is 18.5. The first-order chi connectivity index (χ1) is 14.1. The number of allylic oxidation sites excluding steroid dienone is 1. The summed E-state index contributed by atoms with van der Waals surface area (Å²) in [5, 5.41) is 6.22. The number of ether oxygens (including phenoxy) is 3. The van der Waals surface area contributed by atoms with Gasteiger partial charge in [-0.05, 0) is 63.3 Å². The van der Waals surface area contributed by atoms with E-state index in [1.807, 2.05) is 36.6 Å². The van der Waals surface area contributed by atoms with Gasteiger partial charge in [0.25, 0.3) is 5.19 Å². The molecule has 0 saturated carbocycles. The Morgan fingerprint density at radius 1 is 1.03 bits per heavy atom. The quantitative estimate of drug-likeness (QED) is 0.191. The van der Waals surface area contributed by atoms with E-state index in [-0.39, 0.29) is 0 Å². The lowest BCUT2D eigenvalue weighted by Gasteiger charge is -2.14. The first kappa shape index (κ1) is 22.7.